The third-order valence-electron chi connectivity index (χ3n) is 3.98. The van der Waals surface area contributed by atoms with Crippen molar-refractivity contribution in [1.29, 1.82) is 0 Å². The molecule has 0 fully saturated rings. The first-order valence-corrected chi connectivity index (χ1v) is 10.5. The quantitative estimate of drug-likeness (QED) is 0.543. The number of nitrogens with one attached hydrogen (secondary N) is 2. The van der Waals surface area contributed by atoms with Gasteiger partial charge in [-0.25, -0.2) is 0 Å². The van der Waals surface area contributed by atoms with Crippen molar-refractivity contribution in [3.63, 3.8) is 0 Å². The largest absolute Gasteiger partial charge is 0.355 e. The first-order chi connectivity index (χ1) is 13.1. The summed E-state index contributed by atoms with van der Waals surface area (Å²) in [5.41, 5.74) is 3.39. The van der Waals surface area contributed by atoms with Crippen molar-refractivity contribution in [2.24, 2.45) is 0 Å². The van der Waals surface area contributed by atoms with Gasteiger partial charge in [0.25, 0.3) is 0 Å². The number of thioether (sulfide) groups is 1. The number of carbonyl (C=O) groups is 1. The van der Waals surface area contributed by atoms with Crippen LogP contribution in [0.3, 0.4) is 0 Å². The lowest BCUT2D eigenvalue weighted by molar-refractivity contribution is -0.118. The van der Waals surface area contributed by atoms with E-state index < -0.39 is 0 Å². The number of benzene rings is 2. The minimum absolute atomic E-state index is 0.00572. The molecule has 3 aromatic rings. The molecule has 0 unspecified atom stereocenters. The average Bonchev–Trinajstić information content (AvgIpc) is 3.12. The van der Waals surface area contributed by atoms with E-state index in [-0.39, 0.29) is 11.8 Å². The van der Waals surface area contributed by atoms with Crippen LogP contribution in [0.2, 0.25) is 0 Å². The smallest absolute Gasteiger partial charge is 0.230 e. The highest BCUT2D eigenvalue weighted by Gasteiger charge is 2.10. The molecule has 1 atom stereocenters. The van der Waals surface area contributed by atoms with E-state index in [1.165, 1.54) is 34.2 Å². The fourth-order valence-electron chi connectivity index (χ4n) is 2.51. The standard InChI is InChI=1S/C20H22N4OS2/c1-14-7-6-10-17(11-14)22-19-23-24-20(27-19)26-13-18(25)21-12-15(2)16-8-4-3-5-9-16/h3-11,15H,12-13H2,1-2H3,(H,21,25)(H,22,23)/t15-/m0/s1. The summed E-state index contributed by atoms with van der Waals surface area (Å²) in [6.45, 7) is 4.78. The fraction of sp³-hybridized carbons (Fsp3) is 0.250. The van der Waals surface area contributed by atoms with Crippen LogP contribution < -0.4 is 10.6 Å². The van der Waals surface area contributed by atoms with Gasteiger partial charge >= 0.3 is 0 Å². The van der Waals surface area contributed by atoms with E-state index in [0.29, 0.717) is 12.3 Å². The Morgan fingerprint density at radius 2 is 1.96 bits per heavy atom. The molecule has 0 aliphatic heterocycles. The third kappa shape index (κ3) is 6.08. The molecule has 0 bridgehead atoms. The lowest BCUT2D eigenvalue weighted by Crippen LogP contribution is -2.28. The van der Waals surface area contributed by atoms with Gasteiger partial charge in [-0.1, -0.05) is 72.5 Å². The Morgan fingerprint density at radius 1 is 1.15 bits per heavy atom. The van der Waals surface area contributed by atoms with E-state index in [1.807, 2.05) is 43.3 Å². The molecule has 0 aliphatic carbocycles. The van der Waals surface area contributed by atoms with Gasteiger partial charge in [0, 0.05) is 12.2 Å². The van der Waals surface area contributed by atoms with E-state index in [4.69, 9.17) is 0 Å². The minimum Gasteiger partial charge on any atom is -0.355 e. The SMILES string of the molecule is Cc1cccc(Nc2nnc(SCC(=O)NC[C@H](C)c3ccccc3)s2)c1. The van der Waals surface area contributed by atoms with Crippen LogP contribution in [0, 0.1) is 6.92 Å². The molecule has 0 aliphatic rings. The first kappa shape index (κ1) is 19.4. The second-order valence-corrected chi connectivity index (χ2v) is 8.47. The van der Waals surface area contributed by atoms with Crippen LogP contribution in [0.4, 0.5) is 10.8 Å². The molecular formula is C20H22N4OS2. The van der Waals surface area contributed by atoms with E-state index in [9.17, 15) is 4.79 Å². The molecule has 0 spiro atoms. The van der Waals surface area contributed by atoms with Gasteiger partial charge in [-0.05, 0) is 36.1 Å². The number of aromatic nitrogens is 2. The van der Waals surface area contributed by atoms with Crippen LogP contribution in [-0.4, -0.2) is 28.4 Å². The maximum atomic E-state index is 12.1. The summed E-state index contributed by atoms with van der Waals surface area (Å²) in [5.74, 6) is 0.624. The minimum atomic E-state index is 0.00572. The molecule has 1 amide bonds. The number of carbonyl (C=O) groups excluding carboxylic acids is 1. The second kappa shape index (κ2) is 9.53. The Hall–Kier alpha value is -2.38. The molecule has 1 heterocycles. The molecule has 2 N–H and O–H groups in total. The van der Waals surface area contributed by atoms with Crippen LogP contribution in [0.25, 0.3) is 0 Å². The Bertz CT molecular complexity index is 882. The monoisotopic (exact) mass is 398 g/mol. The topological polar surface area (TPSA) is 66.9 Å². The van der Waals surface area contributed by atoms with E-state index in [2.05, 4.69) is 46.0 Å². The molecule has 7 heteroatoms. The predicted molar refractivity (Wildman–Crippen MR) is 113 cm³/mol. The van der Waals surface area contributed by atoms with Gasteiger partial charge in [-0.3, -0.25) is 4.79 Å². The fourth-order valence-corrected chi connectivity index (χ4v) is 4.11. The maximum absolute atomic E-state index is 12.1. The van der Waals surface area contributed by atoms with Gasteiger partial charge in [0.1, 0.15) is 0 Å². The lowest BCUT2D eigenvalue weighted by Gasteiger charge is -2.12. The average molecular weight is 399 g/mol. The van der Waals surface area contributed by atoms with Gasteiger partial charge in [0.05, 0.1) is 5.75 Å². The van der Waals surface area contributed by atoms with Crippen molar-refractivity contribution in [1.82, 2.24) is 15.5 Å². The Balaban J connectivity index is 1.43. The molecule has 27 heavy (non-hydrogen) atoms. The van der Waals surface area contributed by atoms with Crippen molar-refractivity contribution in [3.8, 4) is 0 Å². The highest BCUT2D eigenvalue weighted by atomic mass is 32.2. The summed E-state index contributed by atoms with van der Waals surface area (Å²) >= 11 is 2.85. The van der Waals surface area contributed by atoms with Gasteiger partial charge in [-0.15, -0.1) is 10.2 Å². The number of amides is 1. The molecule has 0 saturated carbocycles. The summed E-state index contributed by atoms with van der Waals surface area (Å²) in [4.78, 5) is 12.1. The molecule has 5 nitrogen and oxygen atoms in total. The molecule has 0 radical (unpaired) electrons. The van der Waals surface area contributed by atoms with Gasteiger partial charge in [0.2, 0.25) is 11.0 Å². The second-order valence-electron chi connectivity index (χ2n) is 6.27. The van der Waals surface area contributed by atoms with Crippen molar-refractivity contribution in [2.75, 3.05) is 17.6 Å². The maximum Gasteiger partial charge on any atom is 0.230 e. The molecule has 2 aromatic carbocycles. The Labute approximate surface area is 167 Å². The predicted octanol–water partition coefficient (Wildman–Crippen LogP) is 4.60. The molecule has 140 valence electrons. The molecule has 0 saturated heterocycles. The Kier molecular flexibility index (Phi) is 6.84. The van der Waals surface area contributed by atoms with E-state index >= 15 is 0 Å². The number of anilines is 2. The summed E-state index contributed by atoms with van der Waals surface area (Å²) in [6.07, 6.45) is 0. The van der Waals surface area contributed by atoms with Crippen molar-refractivity contribution < 1.29 is 4.79 Å². The summed E-state index contributed by atoms with van der Waals surface area (Å²) < 4.78 is 0.774. The highest BCUT2D eigenvalue weighted by molar-refractivity contribution is 8.01. The molecule has 3 rings (SSSR count). The van der Waals surface area contributed by atoms with Gasteiger partial charge in [0.15, 0.2) is 4.34 Å². The van der Waals surface area contributed by atoms with E-state index in [0.717, 1.165) is 15.2 Å². The van der Waals surface area contributed by atoms with Crippen LogP contribution in [0.5, 0.6) is 0 Å². The number of nitrogens with zero attached hydrogens (tertiary/aromatic N) is 2. The first-order valence-electron chi connectivity index (χ1n) is 8.72. The van der Waals surface area contributed by atoms with Crippen LogP contribution in [0.1, 0.15) is 24.0 Å². The highest BCUT2D eigenvalue weighted by Crippen LogP contribution is 2.27. The zero-order valence-corrected chi connectivity index (χ0v) is 16.9. The normalized spacial score (nSPS) is 11.8. The van der Waals surface area contributed by atoms with Gasteiger partial charge < -0.3 is 10.6 Å². The van der Waals surface area contributed by atoms with Crippen LogP contribution in [-0.2, 0) is 4.79 Å². The molecular weight excluding hydrogens is 376 g/mol. The van der Waals surface area contributed by atoms with Crippen molar-refractivity contribution in [2.45, 2.75) is 24.1 Å². The number of hydrogen-bond acceptors (Lipinski definition) is 6. The van der Waals surface area contributed by atoms with E-state index in [1.54, 1.807) is 0 Å². The van der Waals surface area contributed by atoms with Crippen molar-refractivity contribution in [3.05, 3.63) is 65.7 Å². The number of aryl methyl sites for hydroxylation is 1. The third-order valence-corrected chi connectivity index (χ3v) is 5.95. The summed E-state index contributed by atoms with van der Waals surface area (Å²) in [7, 11) is 0. The van der Waals surface area contributed by atoms with Crippen molar-refractivity contribution >= 4 is 39.8 Å². The van der Waals surface area contributed by atoms with Crippen LogP contribution >= 0.6 is 23.1 Å². The zero-order valence-electron chi connectivity index (χ0n) is 15.3. The number of rotatable bonds is 8. The van der Waals surface area contributed by atoms with Gasteiger partial charge in [-0.2, -0.15) is 0 Å². The molecule has 1 aromatic heterocycles. The lowest BCUT2D eigenvalue weighted by atomic mass is 10.0. The van der Waals surface area contributed by atoms with Crippen LogP contribution in [0.15, 0.2) is 58.9 Å². The summed E-state index contributed by atoms with van der Waals surface area (Å²) in [5, 5.41) is 15.2. The zero-order chi connectivity index (χ0) is 19.1. The summed E-state index contributed by atoms with van der Waals surface area (Å²) in [6, 6.07) is 18.3. The Morgan fingerprint density at radius 3 is 2.74 bits per heavy atom. The number of hydrogen-bond donors (Lipinski definition) is 2.